The van der Waals surface area contributed by atoms with Gasteiger partial charge in [0.05, 0.1) is 0 Å². The molecule has 1 aliphatic heterocycles. The maximum atomic E-state index is 12.6. The average Bonchev–Trinajstić information content (AvgIpc) is 2.78. The summed E-state index contributed by atoms with van der Waals surface area (Å²) in [5.74, 6) is 0.653. The van der Waals surface area contributed by atoms with Crippen LogP contribution in [0.1, 0.15) is 5.56 Å². The predicted molar refractivity (Wildman–Crippen MR) is 118 cm³/mol. The van der Waals surface area contributed by atoms with Gasteiger partial charge in [0.1, 0.15) is 5.75 Å². The lowest BCUT2D eigenvalue weighted by Gasteiger charge is -2.36. The highest BCUT2D eigenvalue weighted by Crippen LogP contribution is 2.28. The molecule has 3 aromatic rings. The van der Waals surface area contributed by atoms with E-state index in [4.69, 9.17) is 21.7 Å². The van der Waals surface area contributed by atoms with Gasteiger partial charge in [-0.3, -0.25) is 4.79 Å². The third-order valence-electron chi connectivity index (χ3n) is 5.25. The van der Waals surface area contributed by atoms with E-state index in [0.717, 1.165) is 40.1 Å². The predicted octanol–water partition coefficient (Wildman–Crippen LogP) is 4.22. The summed E-state index contributed by atoms with van der Waals surface area (Å²) in [5, 5.41) is 10.1. The summed E-state index contributed by atoms with van der Waals surface area (Å²) in [5.41, 5.74) is 1.95. The molecule has 0 aromatic heterocycles. The molecule has 0 unspecified atom stereocenters. The molecule has 0 bridgehead atoms. The number of rotatable bonds is 5. The van der Waals surface area contributed by atoms with E-state index in [0.29, 0.717) is 18.8 Å². The van der Waals surface area contributed by atoms with Crippen molar-refractivity contribution >= 4 is 40.2 Å². The summed E-state index contributed by atoms with van der Waals surface area (Å²) < 4.78 is 5.86. The zero-order valence-electron chi connectivity index (χ0n) is 16.0. The van der Waals surface area contributed by atoms with Crippen LogP contribution < -0.4 is 9.64 Å². The molecule has 3 aromatic carbocycles. The van der Waals surface area contributed by atoms with Crippen molar-refractivity contribution in [3.63, 3.8) is 0 Å². The molecule has 0 radical (unpaired) electrons. The molecule has 0 saturated carbocycles. The highest BCUT2D eigenvalue weighted by molar-refractivity contribution is 6.30. The zero-order chi connectivity index (χ0) is 20.2. The molecule has 1 amide bonds. The minimum atomic E-state index is -0.0130. The number of carbonyl (C=O) groups excluding carboxylic acids is 1. The van der Waals surface area contributed by atoms with Crippen LogP contribution in [-0.2, 0) is 4.79 Å². The first-order valence-electron chi connectivity index (χ1n) is 9.59. The molecule has 5 nitrogen and oxygen atoms in total. The van der Waals surface area contributed by atoms with Crippen molar-refractivity contribution in [2.24, 2.45) is 0 Å². The highest BCUT2D eigenvalue weighted by atomic mass is 35.5. The smallest absolute Gasteiger partial charge is 0.260 e. The minimum Gasteiger partial charge on any atom is -0.483 e. The highest BCUT2D eigenvalue weighted by Gasteiger charge is 2.22. The van der Waals surface area contributed by atoms with Crippen molar-refractivity contribution in [1.82, 2.24) is 4.90 Å². The molecule has 148 valence electrons. The van der Waals surface area contributed by atoms with Crippen molar-refractivity contribution in [3.8, 4) is 5.75 Å². The average molecular weight is 408 g/mol. The molecule has 1 fully saturated rings. The Bertz CT molecular complexity index is 1030. The minimum absolute atomic E-state index is 0.00880. The molecule has 1 aliphatic rings. The van der Waals surface area contributed by atoms with Crippen molar-refractivity contribution in [3.05, 3.63) is 71.2 Å². The zero-order valence-corrected chi connectivity index (χ0v) is 16.7. The normalized spacial score (nSPS) is 14.1. The Morgan fingerprint density at radius 1 is 0.966 bits per heavy atom. The van der Waals surface area contributed by atoms with Crippen molar-refractivity contribution in [2.75, 3.05) is 37.7 Å². The SMILES string of the molecule is N=Cc1ccc(OCC(=O)N2CCN(c3ccc(Cl)cc3)CC2)c2ccccc12. The maximum Gasteiger partial charge on any atom is 0.260 e. The number of anilines is 1. The second-order valence-electron chi connectivity index (χ2n) is 6.98. The molecular weight excluding hydrogens is 386 g/mol. The number of hydrogen-bond donors (Lipinski definition) is 1. The van der Waals surface area contributed by atoms with E-state index in [1.165, 1.54) is 6.21 Å². The van der Waals surface area contributed by atoms with Gasteiger partial charge < -0.3 is 19.9 Å². The summed E-state index contributed by atoms with van der Waals surface area (Å²) in [4.78, 5) is 16.7. The van der Waals surface area contributed by atoms with E-state index < -0.39 is 0 Å². The Morgan fingerprint density at radius 2 is 1.66 bits per heavy atom. The Labute approximate surface area is 175 Å². The van der Waals surface area contributed by atoms with Crippen LogP contribution in [0.15, 0.2) is 60.7 Å². The lowest BCUT2D eigenvalue weighted by atomic mass is 10.0. The number of nitrogens with one attached hydrogen (secondary N) is 1. The molecule has 1 saturated heterocycles. The van der Waals surface area contributed by atoms with E-state index in [1.807, 2.05) is 65.6 Å². The fourth-order valence-corrected chi connectivity index (χ4v) is 3.77. The van der Waals surface area contributed by atoms with Crippen LogP contribution in [0.4, 0.5) is 5.69 Å². The van der Waals surface area contributed by atoms with Gasteiger partial charge in [-0.2, -0.15) is 0 Å². The molecule has 0 aliphatic carbocycles. The third-order valence-corrected chi connectivity index (χ3v) is 5.50. The van der Waals surface area contributed by atoms with E-state index in [-0.39, 0.29) is 12.5 Å². The number of halogens is 1. The van der Waals surface area contributed by atoms with Crippen molar-refractivity contribution in [2.45, 2.75) is 0 Å². The van der Waals surface area contributed by atoms with Gasteiger partial charge in [-0.05, 0) is 41.8 Å². The van der Waals surface area contributed by atoms with Crippen LogP contribution in [0, 0.1) is 5.41 Å². The standard InChI is InChI=1S/C23H22ClN3O2/c24-18-6-8-19(9-7-18)26-11-13-27(14-12-26)23(28)16-29-22-10-5-17(15-25)20-3-1-2-4-21(20)22/h1-10,15,25H,11-14,16H2. The third kappa shape index (κ3) is 4.20. The number of nitrogens with zero attached hydrogens (tertiary/aromatic N) is 2. The summed E-state index contributed by atoms with van der Waals surface area (Å²) in [6.07, 6.45) is 1.33. The Hall–Kier alpha value is -3.05. The van der Waals surface area contributed by atoms with Gasteiger partial charge >= 0.3 is 0 Å². The van der Waals surface area contributed by atoms with E-state index in [9.17, 15) is 4.79 Å². The molecule has 29 heavy (non-hydrogen) atoms. The van der Waals surface area contributed by atoms with Gasteiger partial charge in [0.25, 0.3) is 5.91 Å². The second kappa shape index (κ2) is 8.53. The van der Waals surface area contributed by atoms with Crippen LogP contribution in [0.5, 0.6) is 5.75 Å². The van der Waals surface area contributed by atoms with E-state index in [1.54, 1.807) is 0 Å². The molecular formula is C23H22ClN3O2. The number of ether oxygens (including phenoxy) is 1. The largest absolute Gasteiger partial charge is 0.483 e. The van der Waals surface area contributed by atoms with Crippen LogP contribution in [0.2, 0.25) is 5.02 Å². The van der Waals surface area contributed by atoms with Gasteiger partial charge in [0.2, 0.25) is 0 Å². The van der Waals surface area contributed by atoms with Gasteiger partial charge in [-0.15, -0.1) is 0 Å². The number of piperazine rings is 1. The molecule has 1 heterocycles. The van der Waals surface area contributed by atoms with Gasteiger partial charge in [-0.1, -0.05) is 35.9 Å². The van der Waals surface area contributed by atoms with Crippen LogP contribution in [-0.4, -0.2) is 49.8 Å². The van der Waals surface area contributed by atoms with Crippen molar-refractivity contribution in [1.29, 1.82) is 5.41 Å². The quantitative estimate of drug-likeness (QED) is 0.644. The van der Waals surface area contributed by atoms with Gasteiger partial charge in [0, 0.05) is 54.1 Å². The molecule has 0 atom stereocenters. The number of fused-ring (bicyclic) bond motifs is 1. The molecule has 1 N–H and O–H groups in total. The second-order valence-corrected chi connectivity index (χ2v) is 7.41. The maximum absolute atomic E-state index is 12.6. The van der Waals surface area contributed by atoms with E-state index >= 15 is 0 Å². The first-order valence-corrected chi connectivity index (χ1v) is 9.97. The van der Waals surface area contributed by atoms with Crippen LogP contribution >= 0.6 is 11.6 Å². The fraction of sp³-hybridized carbons (Fsp3) is 0.217. The summed E-state index contributed by atoms with van der Waals surface area (Å²) in [7, 11) is 0. The van der Waals surface area contributed by atoms with Crippen LogP contribution in [0.3, 0.4) is 0 Å². The number of carbonyl (C=O) groups is 1. The Kier molecular flexibility index (Phi) is 5.67. The first-order chi connectivity index (χ1) is 14.2. The number of hydrogen-bond acceptors (Lipinski definition) is 4. The molecule has 0 spiro atoms. The summed E-state index contributed by atoms with van der Waals surface area (Å²) in [6.45, 7) is 2.90. The fourth-order valence-electron chi connectivity index (χ4n) is 3.64. The Morgan fingerprint density at radius 3 is 2.34 bits per heavy atom. The van der Waals surface area contributed by atoms with Crippen molar-refractivity contribution < 1.29 is 9.53 Å². The van der Waals surface area contributed by atoms with Gasteiger partial charge in [-0.25, -0.2) is 0 Å². The number of benzene rings is 3. The topological polar surface area (TPSA) is 56.6 Å². The monoisotopic (exact) mass is 407 g/mol. The van der Waals surface area contributed by atoms with E-state index in [2.05, 4.69) is 4.90 Å². The lowest BCUT2D eigenvalue weighted by Crippen LogP contribution is -2.50. The molecule has 6 heteroatoms. The van der Waals surface area contributed by atoms with Crippen LogP contribution in [0.25, 0.3) is 10.8 Å². The Balaban J connectivity index is 1.37. The number of amides is 1. The first kappa shape index (κ1) is 19.3. The van der Waals surface area contributed by atoms with Gasteiger partial charge in [0.15, 0.2) is 6.61 Å². The summed E-state index contributed by atoms with van der Waals surface area (Å²) in [6, 6.07) is 19.2. The summed E-state index contributed by atoms with van der Waals surface area (Å²) >= 11 is 5.96. The lowest BCUT2D eigenvalue weighted by molar-refractivity contribution is -0.133. The molecule has 4 rings (SSSR count).